The van der Waals surface area contributed by atoms with Crippen LogP contribution in [0.25, 0.3) is 0 Å². The van der Waals surface area contributed by atoms with Crippen molar-refractivity contribution in [1.29, 1.82) is 0 Å². The molecular formula is C21H25ClN2O4. The van der Waals surface area contributed by atoms with Crippen LogP contribution in [0.15, 0.2) is 54.6 Å². The van der Waals surface area contributed by atoms with Gasteiger partial charge in [-0.15, -0.1) is 6.58 Å². The second-order valence-electron chi connectivity index (χ2n) is 6.59. The lowest BCUT2D eigenvalue weighted by atomic mass is 9.87. The highest BCUT2D eigenvalue weighted by Crippen LogP contribution is 2.37. The highest BCUT2D eigenvalue weighted by molar-refractivity contribution is 6.29. The average Bonchev–Trinajstić information content (AvgIpc) is 2.84. The van der Waals surface area contributed by atoms with E-state index in [9.17, 15) is 14.4 Å². The van der Waals surface area contributed by atoms with E-state index in [0.29, 0.717) is 0 Å². The summed E-state index contributed by atoms with van der Waals surface area (Å²) in [5, 5.41) is 0.229. The lowest BCUT2D eigenvalue weighted by molar-refractivity contribution is -0.144. The summed E-state index contributed by atoms with van der Waals surface area (Å²) in [5.74, 6) is -0.791. The molecule has 2 rings (SSSR count). The SMILES string of the molecule is C=CCC1(CCC(=O)OCC)C(=O)N(Cc2ccccc2)C(=O)N1CC(=C)Cl. The highest BCUT2D eigenvalue weighted by Gasteiger charge is 2.56. The van der Waals surface area contributed by atoms with Crippen molar-refractivity contribution < 1.29 is 19.1 Å². The fourth-order valence-electron chi connectivity index (χ4n) is 3.40. The van der Waals surface area contributed by atoms with Crippen LogP contribution >= 0.6 is 11.6 Å². The van der Waals surface area contributed by atoms with Crippen molar-refractivity contribution in [2.24, 2.45) is 0 Å². The minimum absolute atomic E-state index is 0.00510. The van der Waals surface area contributed by atoms with Gasteiger partial charge in [0.2, 0.25) is 0 Å². The monoisotopic (exact) mass is 404 g/mol. The van der Waals surface area contributed by atoms with Crippen LogP contribution in [0.1, 0.15) is 31.7 Å². The summed E-state index contributed by atoms with van der Waals surface area (Å²) < 4.78 is 4.99. The van der Waals surface area contributed by atoms with Crippen LogP contribution in [0.4, 0.5) is 4.79 Å². The average molecular weight is 405 g/mol. The first-order chi connectivity index (χ1) is 13.4. The molecule has 1 aromatic carbocycles. The molecule has 1 atom stereocenters. The summed E-state index contributed by atoms with van der Waals surface area (Å²) in [5.41, 5.74) is -0.410. The molecule has 1 aromatic rings. The van der Waals surface area contributed by atoms with Crippen molar-refractivity contribution >= 4 is 29.5 Å². The molecule has 1 unspecified atom stereocenters. The maximum atomic E-state index is 13.4. The van der Waals surface area contributed by atoms with Crippen molar-refractivity contribution in [1.82, 2.24) is 9.80 Å². The zero-order valence-electron chi connectivity index (χ0n) is 16.0. The Morgan fingerprint density at radius 2 is 1.96 bits per heavy atom. The van der Waals surface area contributed by atoms with E-state index in [1.807, 2.05) is 30.3 Å². The van der Waals surface area contributed by atoms with E-state index >= 15 is 0 Å². The lowest BCUT2D eigenvalue weighted by Gasteiger charge is -2.34. The number of imide groups is 1. The lowest BCUT2D eigenvalue weighted by Crippen LogP contribution is -2.50. The maximum absolute atomic E-state index is 13.4. The molecule has 1 saturated heterocycles. The van der Waals surface area contributed by atoms with Gasteiger partial charge in [0.15, 0.2) is 0 Å². The number of hydrogen-bond donors (Lipinski definition) is 0. The van der Waals surface area contributed by atoms with E-state index in [1.54, 1.807) is 13.0 Å². The fourth-order valence-corrected chi connectivity index (χ4v) is 3.52. The second-order valence-corrected chi connectivity index (χ2v) is 7.13. The van der Waals surface area contributed by atoms with Crippen LogP contribution in [0.3, 0.4) is 0 Å². The van der Waals surface area contributed by atoms with E-state index in [1.165, 1.54) is 9.80 Å². The summed E-state index contributed by atoms with van der Waals surface area (Å²) in [6, 6.07) is 8.78. The van der Waals surface area contributed by atoms with Crippen LogP contribution in [-0.2, 0) is 20.9 Å². The Morgan fingerprint density at radius 1 is 1.29 bits per heavy atom. The maximum Gasteiger partial charge on any atom is 0.328 e. The number of hydrogen-bond acceptors (Lipinski definition) is 4. The third kappa shape index (κ3) is 4.62. The van der Waals surface area contributed by atoms with Gasteiger partial charge in [0.1, 0.15) is 5.54 Å². The molecule has 0 aromatic heterocycles. The first kappa shape index (κ1) is 21.7. The number of urea groups is 1. The molecule has 7 heteroatoms. The van der Waals surface area contributed by atoms with Gasteiger partial charge in [-0.05, 0) is 25.3 Å². The minimum atomic E-state index is -1.24. The Bertz CT molecular complexity index is 765. The summed E-state index contributed by atoms with van der Waals surface area (Å²) >= 11 is 5.98. The van der Waals surface area contributed by atoms with Crippen LogP contribution in [0.2, 0.25) is 0 Å². The van der Waals surface area contributed by atoms with Crippen molar-refractivity contribution in [3.63, 3.8) is 0 Å². The Balaban J connectivity index is 2.38. The predicted molar refractivity (Wildman–Crippen MR) is 107 cm³/mol. The first-order valence-electron chi connectivity index (χ1n) is 9.13. The van der Waals surface area contributed by atoms with E-state index in [4.69, 9.17) is 16.3 Å². The molecule has 0 bridgehead atoms. The number of ether oxygens (including phenoxy) is 1. The molecule has 0 radical (unpaired) electrons. The molecule has 150 valence electrons. The van der Waals surface area contributed by atoms with Gasteiger partial charge in [0.05, 0.1) is 19.7 Å². The molecule has 1 fully saturated rings. The Labute approximate surface area is 170 Å². The highest BCUT2D eigenvalue weighted by atomic mass is 35.5. The van der Waals surface area contributed by atoms with Gasteiger partial charge in [0.25, 0.3) is 5.91 Å². The third-order valence-electron chi connectivity index (χ3n) is 4.66. The normalized spacial score (nSPS) is 19.1. The van der Waals surface area contributed by atoms with Gasteiger partial charge in [0, 0.05) is 11.5 Å². The summed E-state index contributed by atoms with van der Waals surface area (Å²) in [6.45, 7) is 9.51. The molecule has 0 aliphatic carbocycles. The van der Waals surface area contributed by atoms with Crippen LogP contribution in [0.5, 0.6) is 0 Å². The zero-order chi connectivity index (χ0) is 20.7. The summed E-state index contributed by atoms with van der Waals surface area (Å²) in [4.78, 5) is 41.0. The second kappa shape index (κ2) is 9.55. The topological polar surface area (TPSA) is 66.9 Å². The van der Waals surface area contributed by atoms with E-state index in [-0.39, 0.29) is 49.9 Å². The van der Waals surface area contributed by atoms with E-state index < -0.39 is 17.5 Å². The van der Waals surface area contributed by atoms with Crippen LogP contribution in [0, 0.1) is 0 Å². The standard InChI is InChI=1S/C21H25ClN2O4/c1-4-12-21(13-11-18(25)28-5-2)19(26)23(15-17-9-7-6-8-10-17)20(27)24(21)14-16(3)22/h4,6-10H,1,3,5,11-15H2,2H3. The fraction of sp³-hybridized carbons (Fsp3) is 0.381. The number of benzene rings is 1. The van der Waals surface area contributed by atoms with Crippen molar-refractivity contribution in [2.45, 2.75) is 38.3 Å². The molecule has 0 spiro atoms. The summed E-state index contributed by atoms with van der Waals surface area (Å²) in [7, 11) is 0. The Hall–Kier alpha value is -2.60. The molecule has 6 nitrogen and oxygen atoms in total. The quantitative estimate of drug-likeness (QED) is 0.337. The molecule has 28 heavy (non-hydrogen) atoms. The van der Waals surface area contributed by atoms with E-state index in [2.05, 4.69) is 13.2 Å². The van der Waals surface area contributed by atoms with Gasteiger partial charge in [-0.25, -0.2) is 4.79 Å². The number of carbonyl (C=O) groups excluding carboxylic acids is 3. The van der Waals surface area contributed by atoms with Crippen LogP contribution in [-0.4, -0.2) is 46.4 Å². The number of nitrogens with zero attached hydrogens (tertiary/aromatic N) is 2. The first-order valence-corrected chi connectivity index (χ1v) is 9.50. The minimum Gasteiger partial charge on any atom is -0.466 e. The van der Waals surface area contributed by atoms with Gasteiger partial charge in [-0.1, -0.05) is 54.6 Å². The van der Waals surface area contributed by atoms with Gasteiger partial charge in [-0.3, -0.25) is 14.5 Å². The number of carbonyl (C=O) groups is 3. The summed E-state index contributed by atoms with van der Waals surface area (Å²) in [6.07, 6.45) is 1.90. The van der Waals surface area contributed by atoms with Gasteiger partial charge >= 0.3 is 12.0 Å². The number of amides is 3. The molecule has 1 aliphatic heterocycles. The Kier molecular flexibility index (Phi) is 7.40. The van der Waals surface area contributed by atoms with Crippen molar-refractivity contribution in [2.75, 3.05) is 13.2 Å². The van der Waals surface area contributed by atoms with Crippen molar-refractivity contribution in [3.8, 4) is 0 Å². The van der Waals surface area contributed by atoms with Gasteiger partial charge < -0.3 is 9.64 Å². The third-order valence-corrected chi connectivity index (χ3v) is 4.78. The molecule has 0 saturated carbocycles. The molecule has 3 amide bonds. The number of rotatable bonds is 10. The van der Waals surface area contributed by atoms with Crippen molar-refractivity contribution in [3.05, 3.63) is 60.2 Å². The Morgan fingerprint density at radius 3 is 2.54 bits per heavy atom. The smallest absolute Gasteiger partial charge is 0.328 e. The molecular weight excluding hydrogens is 380 g/mol. The molecule has 1 aliphatic rings. The number of esters is 1. The predicted octanol–water partition coefficient (Wildman–Crippen LogP) is 3.86. The van der Waals surface area contributed by atoms with E-state index in [0.717, 1.165) is 5.56 Å². The van der Waals surface area contributed by atoms with Gasteiger partial charge in [-0.2, -0.15) is 0 Å². The zero-order valence-corrected chi connectivity index (χ0v) is 16.8. The molecule has 0 N–H and O–H groups in total. The largest absolute Gasteiger partial charge is 0.466 e. The number of halogens is 1. The molecule has 1 heterocycles. The van der Waals surface area contributed by atoms with Crippen LogP contribution < -0.4 is 0 Å².